The first-order valence-electron chi connectivity index (χ1n) is 8.56. The lowest BCUT2D eigenvalue weighted by Crippen LogP contribution is -2.47. The third-order valence-corrected chi connectivity index (χ3v) is 4.82. The quantitative estimate of drug-likeness (QED) is 0.724. The number of methoxy groups -OCH3 is 1. The molecule has 1 aromatic heterocycles. The number of aromatic nitrogens is 2. The Balaban J connectivity index is 1.53. The van der Waals surface area contributed by atoms with Crippen LogP contribution in [0.15, 0.2) is 42.6 Å². The van der Waals surface area contributed by atoms with Crippen LogP contribution in [-0.2, 0) is 11.3 Å². The number of nitrogens with one attached hydrogen (secondary N) is 2. The smallest absolute Gasteiger partial charge is 0.119 e. The Bertz CT molecular complexity index is 884. The number of nitrogens with zero attached hydrogens (tertiary/aromatic N) is 1. The third kappa shape index (κ3) is 3.25. The standard InChI is InChI=1S/C20H23N3O2/c1-20(12-25-13-20)11-21-9-17-10-22-23-19(17)16-4-3-15-8-18(24-2)6-5-14(15)7-16/h3-8,10,21H,9,11-13H2,1-2H3,(H,22,23). The summed E-state index contributed by atoms with van der Waals surface area (Å²) in [6.07, 6.45) is 1.90. The van der Waals surface area contributed by atoms with Crippen molar-refractivity contribution in [2.24, 2.45) is 5.41 Å². The van der Waals surface area contributed by atoms with Crippen molar-refractivity contribution in [2.75, 3.05) is 26.9 Å². The molecule has 5 nitrogen and oxygen atoms in total. The first-order chi connectivity index (χ1) is 12.2. The fraction of sp³-hybridized carbons (Fsp3) is 0.350. The van der Waals surface area contributed by atoms with Crippen molar-refractivity contribution >= 4 is 10.8 Å². The number of fused-ring (bicyclic) bond motifs is 1. The van der Waals surface area contributed by atoms with Crippen LogP contribution in [0.2, 0.25) is 0 Å². The molecule has 1 saturated heterocycles. The first kappa shape index (κ1) is 16.1. The molecule has 4 rings (SSSR count). The Morgan fingerprint density at radius 1 is 1.20 bits per heavy atom. The summed E-state index contributed by atoms with van der Waals surface area (Å²) in [6, 6.07) is 12.6. The maximum Gasteiger partial charge on any atom is 0.119 e. The summed E-state index contributed by atoms with van der Waals surface area (Å²) in [7, 11) is 1.69. The van der Waals surface area contributed by atoms with Crippen LogP contribution in [0.3, 0.4) is 0 Å². The van der Waals surface area contributed by atoms with E-state index >= 15 is 0 Å². The summed E-state index contributed by atoms with van der Waals surface area (Å²) in [5, 5.41) is 13.3. The molecule has 1 fully saturated rings. The molecule has 130 valence electrons. The minimum Gasteiger partial charge on any atom is -0.497 e. The van der Waals surface area contributed by atoms with Gasteiger partial charge in [-0.05, 0) is 29.0 Å². The molecule has 3 aromatic rings. The molecule has 0 unspecified atom stereocenters. The molecule has 2 heterocycles. The molecular formula is C20H23N3O2. The summed E-state index contributed by atoms with van der Waals surface area (Å²) >= 11 is 0. The minimum atomic E-state index is 0.270. The number of ether oxygens (including phenoxy) is 2. The zero-order valence-corrected chi connectivity index (χ0v) is 14.6. The Labute approximate surface area is 147 Å². The van der Waals surface area contributed by atoms with Crippen molar-refractivity contribution in [2.45, 2.75) is 13.5 Å². The predicted octanol–water partition coefficient (Wildman–Crippen LogP) is 3.36. The van der Waals surface area contributed by atoms with Crippen LogP contribution in [-0.4, -0.2) is 37.1 Å². The van der Waals surface area contributed by atoms with Gasteiger partial charge in [0.25, 0.3) is 0 Å². The van der Waals surface area contributed by atoms with E-state index in [4.69, 9.17) is 9.47 Å². The highest BCUT2D eigenvalue weighted by atomic mass is 16.5. The minimum absolute atomic E-state index is 0.270. The number of aromatic amines is 1. The van der Waals surface area contributed by atoms with Gasteiger partial charge in [0.05, 0.1) is 32.2 Å². The van der Waals surface area contributed by atoms with Crippen LogP contribution in [0.1, 0.15) is 12.5 Å². The largest absolute Gasteiger partial charge is 0.497 e. The predicted molar refractivity (Wildman–Crippen MR) is 98.7 cm³/mol. The summed E-state index contributed by atoms with van der Waals surface area (Å²) in [4.78, 5) is 0. The van der Waals surface area contributed by atoms with Gasteiger partial charge in [-0.3, -0.25) is 5.10 Å². The molecule has 0 amide bonds. The topological polar surface area (TPSA) is 59.2 Å². The van der Waals surface area contributed by atoms with Gasteiger partial charge in [-0.2, -0.15) is 5.10 Å². The molecule has 0 radical (unpaired) electrons. The van der Waals surface area contributed by atoms with Gasteiger partial charge in [0.2, 0.25) is 0 Å². The zero-order valence-electron chi connectivity index (χ0n) is 14.6. The van der Waals surface area contributed by atoms with E-state index in [1.807, 2.05) is 12.3 Å². The van der Waals surface area contributed by atoms with Gasteiger partial charge < -0.3 is 14.8 Å². The van der Waals surface area contributed by atoms with E-state index in [-0.39, 0.29) is 5.41 Å². The second kappa shape index (κ2) is 6.50. The highest BCUT2D eigenvalue weighted by molar-refractivity contribution is 5.88. The van der Waals surface area contributed by atoms with Crippen molar-refractivity contribution in [3.8, 4) is 17.0 Å². The van der Waals surface area contributed by atoms with E-state index in [0.29, 0.717) is 0 Å². The van der Waals surface area contributed by atoms with Gasteiger partial charge in [0, 0.05) is 29.6 Å². The second-order valence-corrected chi connectivity index (χ2v) is 7.11. The van der Waals surface area contributed by atoms with Gasteiger partial charge >= 0.3 is 0 Å². The van der Waals surface area contributed by atoms with E-state index in [2.05, 4.69) is 52.8 Å². The number of benzene rings is 2. The first-order valence-corrected chi connectivity index (χ1v) is 8.56. The SMILES string of the molecule is COc1ccc2cc(-c3[nH]ncc3CNCC3(C)COC3)ccc2c1. The average molecular weight is 337 g/mol. The van der Waals surface area contributed by atoms with Crippen LogP contribution >= 0.6 is 0 Å². The van der Waals surface area contributed by atoms with E-state index < -0.39 is 0 Å². The number of rotatable bonds is 6. The summed E-state index contributed by atoms with van der Waals surface area (Å²) < 4.78 is 10.6. The summed E-state index contributed by atoms with van der Waals surface area (Å²) in [6.45, 7) is 5.67. The summed E-state index contributed by atoms with van der Waals surface area (Å²) in [5.41, 5.74) is 3.66. The van der Waals surface area contributed by atoms with Gasteiger partial charge in [0.15, 0.2) is 0 Å². The molecule has 1 aliphatic heterocycles. The van der Waals surface area contributed by atoms with Crippen molar-refractivity contribution in [1.29, 1.82) is 0 Å². The monoisotopic (exact) mass is 337 g/mol. The van der Waals surface area contributed by atoms with Crippen LogP contribution < -0.4 is 10.1 Å². The Morgan fingerprint density at radius 2 is 2.00 bits per heavy atom. The van der Waals surface area contributed by atoms with Gasteiger partial charge in [-0.15, -0.1) is 0 Å². The number of hydrogen-bond acceptors (Lipinski definition) is 4. The molecule has 5 heteroatoms. The average Bonchev–Trinajstić information content (AvgIpc) is 3.08. The lowest BCUT2D eigenvalue weighted by molar-refractivity contribution is -0.0991. The zero-order chi connectivity index (χ0) is 17.3. The third-order valence-electron chi connectivity index (χ3n) is 4.82. The maximum atomic E-state index is 5.31. The van der Waals surface area contributed by atoms with Crippen molar-refractivity contribution < 1.29 is 9.47 Å². The Hall–Kier alpha value is -2.37. The molecule has 0 spiro atoms. The van der Waals surface area contributed by atoms with Crippen molar-refractivity contribution in [3.63, 3.8) is 0 Å². The normalized spacial score (nSPS) is 15.9. The molecule has 1 aliphatic rings. The molecule has 2 N–H and O–H groups in total. The molecule has 0 aliphatic carbocycles. The van der Waals surface area contributed by atoms with Crippen molar-refractivity contribution in [3.05, 3.63) is 48.2 Å². The van der Waals surface area contributed by atoms with E-state index in [1.54, 1.807) is 7.11 Å². The number of H-pyrrole nitrogens is 1. The highest BCUT2D eigenvalue weighted by Gasteiger charge is 2.32. The van der Waals surface area contributed by atoms with Crippen molar-refractivity contribution in [1.82, 2.24) is 15.5 Å². The molecule has 25 heavy (non-hydrogen) atoms. The fourth-order valence-corrected chi connectivity index (χ4v) is 3.25. The van der Waals surface area contributed by atoms with E-state index in [9.17, 15) is 0 Å². The fourth-order valence-electron chi connectivity index (χ4n) is 3.25. The number of hydrogen-bond donors (Lipinski definition) is 2. The summed E-state index contributed by atoms with van der Waals surface area (Å²) in [5.74, 6) is 0.875. The molecule has 0 bridgehead atoms. The molecule has 0 atom stereocenters. The van der Waals surface area contributed by atoms with Crippen LogP contribution in [0.25, 0.3) is 22.0 Å². The lowest BCUT2D eigenvalue weighted by Gasteiger charge is -2.38. The molecule has 2 aromatic carbocycles. The van der Waals surface area contributed by atoms with Crippen LogP contribution in [0.4, 0.5) is 0 Å². The Kier molecular flexibility index (Phi) is 4.19. The molecular weight excluding hydrogens is 314 g/mol. The second-order valence-electron chi connectivity index (χ2n) is 7.11. The lowest BCUT2D eigenvalue weighted by atomic mass is 9.89. The maximum absolute atomic E-state index is 5.31. The van der Waals surface area contributed by atoms with E-state index in [1.165, 1.54) is 16.3 Å². The highest BCUT2D eigenvalue weighted by Crippen LogP contribution is 2.28. The van der Waals surface area contributed by atoms with Gasteiger partial charge in [-0.1, -0.05) is 25.1 Å². The van der Waals surface area contributed by atoms with Gasteiger partial charge in [-0.25, -0.2) is 0 Å². The van der Waals surface area contributed by atoms with E-state index in [0.717, 1.165) is 43.3 Å². The van der Waals surface area contributed by atoms with Gasteiger partial charge in [0.1, 0.15) is 5.75 Å². The van der Waals surface area contributed by atoms with Crippen LogP contribution in [0, 0.1) is 5.41 Å². The Morgan fingerprint density at radius 3 is 2.76 bits per heavy atom. The van der Waals surface area contributed by atoms with Crippen LogP contribution in [0.5, 0.6) is 5.75 Å². The molecule has 0 saturated carbocycles.